The van der Waals surface area contributed by atoms with E-state index in [2.05, 4.69) is 0 Å². The zero-order valence-corrected chi connectivity index (χ0v) is 14.8. The van der Waals surface area contributed by atoms with Crippen molar-refractivity contribution >= 4 is 34.3 Å². The normalized spacial score (nSPS) is 16.1. The number of fused-ring (bicyclic) bond motifs is 1. The number of thioether (sulfide) groups is 1. The van der Waals surface area contributed by atoms with Crippen LogP contribution >= 0.6 is 23.4 Å². The maximum absolute atomic E-state index is 13.0. The quantitative estimate of drug-likeness (QED) is 0.457. The third-order valence-corrected chi connectivity index (χ3v) is 5.44. The molecule has 23 heavy (non-hydrogen) atoms. The van der Waals surface area contributed by atoms with Gasteiger partial charge in [0.1, 0.15) is 0 Å². The summed E-state index contributed by atoms with van der Waals surface area (Å²) in [6.45, 7) is 0.638. The van der Waals surface area contributed by atoms with Crippen LogP contribution in [0.4, 0.5) is 0 Å². The van der Waals surface area contributed by atoms with E-state index in [1.807, 2.05) is 4.57 Å². The second-order valence-corrected chi connectivity index (χ2v) is 7.36. The van der Waals surface area contributed by atoms with Crippen molar-refractivity contribution in [1.29, 1.82) is 0 Å². The fourth-order valence-electron chi connectivity index (χ4n) is 3.13. The Kier molecular flexibility index (Phi) is 5.62. The molecule has 0 radical (unpaired) electrons. The Morgan fingerprint density at radius 1 is 1.35 bits per heavy atom. The van der Waals surface area contributed by atoms with Gasteiger partial charge < -0.3 is 4.74 Å². The molecule has 1 aliphatic carbocycles. The smallest absolute Gasteiger partial charge is 0.262 e. The van der Waals surface area contributed by atoms with Gasteiger partial charge in [-0.1, -0.05) is 42.6 Å². The Hall–Kier alpha value is -1.04. The molecule has 1 heterocycles. The van der Waals surface area contributed by atoms with E-state index in [9.17, 15) is 4.79 Å². The van der Waals surface area contributed by atoms with E-state index in [4.69, 9.17) is 21.3 Å². The molecule has 0 aliphatic heterocycles. The number of rotatable bonds is 5. The summed E-state index contributed by atoms with van der Waals surface area (Å²) in [6.07, 6.45) is 5.72. The maximum Gasteiger partial charge on any atom is 0.262 e. The van der Waals surface area contributed by atoms with Crippen molar-refractivity contribution in [2.75, 3.05) is 19.5 Å². The predicted octanol–water partition coefficient (Wildman–Crippen LogP) is 4.29. The lowest BCUT2D eigenvalue weighted by molar-refractivity contribution is 0.218. The number of hydrogen-bond acceptors (Lipinski definition) is 4. The molecule has 3 rings (SSSR count). The van der Waals surface area contributed by atoms with Crippen LogP contribution in [0.2, 0.25) is 5.02 Å². The summed E-state index contributed by atoms with van der Waals surface area (Å²) in [5.74, 6) is 0.779. The minimum absolute atomic E-state index is 0.0542. The van der Waals surface area contributed by atoms with E-state index in [0.717, 1.165) is 23.8 Å². The molecule has 1 aliphatic rings. The summed E-state index contributed by atoms with van der Waals surface area (Å²) in [4.78, 5) is 17.8. The van der Waals surface area contributed by atoms with Crippen LogP contribution in [0.5, 0.6) is 0 Å². The van der Waals surface area contributed by atoms with Crippen molar-refractivity contribution in [3.8, 4) is 0 Å². The van der Waals surface area contributed by atoms with Crippen molar-refractivity contribution in [2.24, 2.45) is 0 Å². The Morgan fingerprint density at radius 2 is 2.13 bits per heavy atom. The lowest BCUT2D eigenvalue weighted by Gasteiger charge is -2.26. The average molecular weight is 353 g/mol. The lowest BCUT2D eigenvalue weighted by Crippen LogP contribution is -2.29. The second kappa shape index (κ2) is 7.69. The number of nitrogens with zero attached hydrogens (tertiary/aromatic N) is 2. The second-order valence-electron chi connectivity index (χ2n) is 5.86. The third-order valence-electron chi connectivity index (χ3n) is 4.29. The molecule has 0 spiro atoms. The Morgan fingerprint density at radius 3 is 2.87 bits per heavy atom. The van der Waals surface area contributed by atoms with Gasteiger partial charge in [0.05, 0.1) is 17.5 Å². The number of aromatic nitrogens is 2. The van der Waals surface area contributed by atoms with Gasteiger partial charge in [-0.05, 0) is 31.0 Å². The van der Waals surface area contributed by atoms with Crippen molar-refractivity contribution in [3.63, 3.8) is 0 Å². The highest BCUT2D eigenvalue weighted by molar-refractivity contribution is 7.99. The summed E-state index contributed by atoms with van der Waals surface area (Å²) < 4.78 is 7.04. The predicted molar refractivity (Wildman–Crippen MR) is 95.7 cm³/mol. The van der Waals surface area contributed by atoms with Crippen molar-refractivity contribution < 1.29 is 4.74 Å². The standard InChI is InChI=1S/C17H21ClN2O2S/c1-22-9-10-23-17-19-15-11-12(18)7-8-14(15)16(21)20(17)13-5-3-2-4-6-13/h7-8,11,13H,2-6,9-10H2,1H3. The first-order valence-electron chi connectivity index (χ1n) is 8.04. The molecule has 1 fully saturated rings. The molecule has 1 aromatic heterocycles. The summed E-state index contributed by atoms with van der Waals surface area (Å²) in [6, 6.07) is 5.57. The van der Waals surface area contributed by atoms with Crippen LogP contribution in [0.1, 0.15) is 38.1 Å². The number of hydrogen-bond donors (Lipinski definition) is 0. The molecule has 6 heteroatoms. The van der Waals surface area contributed by atoms with E-state index in [0.29, 0.717) is 22.5 Å². The van der Waals surface area contributed by atoms with Crippen LogP contribution in [-0.2, 0) is 4.74 Å². The Balaban J connectivity index is 2.08. The highest BCUT2D eigenvalue weighted by Crippen LogP contribution is 2.31. The van der Waals surface area contributed by atoms with Gasteiger partial charge in [0.25, 0.3) is 5.56 Å². The van der Waals surface area contributed by atoms with E-state index < -0.39 is 0 Å². The largest absolute Gasteiger partial charge is 0.384 e. The van der Waals surface area contributed by atoms with Crippen LogP contribution in [0.25, 0.3) is 10.9 Å². The summed E-state index contributed by atoms with van der Waals surface area (Å²) >= 11 is 7.65. The van der Waals surface area contributed by atoms with Crippen LogP contribution in [0.15, 0.2) is 28.2 Å². The molecular weight excluding hydrogens is 332 g/mol. The van der Waals surface area contributed by atoms with Crippen molar-refractivity contribution in [1.82, 2.24) is 9.55 Å². The van der Waals surface area contributed by atoms with Gasteiger partial charge in [0.2, 0.25) is 0 Å². The van der Waals surface area contributed by atoms with Crippen LogP contribution in [0.3, 0.4) is 0 Å². The molecule has 4 nitrogen and oxygen atoms in total. The molecular formula is C17H21ClN2O2S. The van der Waals surface area contributed by atoms with Crippen molar-refractivity contribution in [2.45, 2.75) is 43.3 Å². The Bertz CT molecular complexity index is 741. The first-order chi connectivity index (χ1) is 11.2. The van der Waals surface area contributed by atoms with Gasteiger partial charge in [-0.2, -0.15) is 0 Å². The molecule has 124 valence electrons. The van der Waals surface area contributed by atoms with Gasteiger partial charge in [0, 0.05) is 23.9 Å². The first kappa shape index (κ1) is 16.8. The van der Waals surface area contributed by atoms with Gasteiger partial charge in [-0.15, -0.1) is 0 Å². The first-order valence-corrected chi connectivity index (χ1v) is 9.40. The minimum Gasteiger partial charge on any atom is -0.384 e. The molecule has 0 N–H and O–H groups in total. The molecule has 0 amide bonds. The minimum atomic E-state index is 0.0542. The summed E-state index contributed by atoms with van der Waals surface area (Å²) in [5.41, 5.74) is 0.730. The zero-order chi connectivity index (χ0) is 16.2. The molecule has 1 aromatic carbocycles. The Labute approximate surface area is 145 Å². The van der Waals surface area contributed by atoms with Gasteiger partial charge in [0.15, 0.2) is 5.16 Å². The third kappa shape index (κ3) is 3.73. The monoisotopic (exact) mass is 352 g/mol. The molecule has 0 bridgehead atoms. The number of benzene rings is 1. The summed E-state index contributed by atoms with van der Waals surface area (Å²) in [7, 11) is 1.68. The molecule has 0 saturated heterocycles. The fourth-order valence-corrected chi connectivity index (χ4v) is 4.26. The fraction of sp³-hybridized carbons (Fsp3) is 0.529. The van der Waals surface area contributed by atoms with E-state index >= 15 is 0 Å². The van der Waals surface area contributed by atoms with Gasteiger partial charge >= 0.3 is 0 Å². The SMILES string of the molecule is COCCSc1nc2cc(Cl)ccc2c(=O)n1C1CCCCC1. The number of ether oxygens (including phenoxy) is 1. The molecule has 1 saturated carbocycles. The summed E-state index contributed by atoms with van der Waals surface area (Å²) in [5, 5.41) is 2.04. The van der Waals surface area contributed by atoms with E-state index in [1.165, 1.54) is 19.3 Å². The molecule has 0 unspecified atom stereocenters. The van der Waals surface area contributed by atoms with E-state index in [1.54, 1.807) is 37.1 Å². The molecule has 0 atom stereocenters. The lowest BCUT2D eigenvalue weighted by atomic mass is 9.95. The molecule has 2 aromatic rings. The van der Waals surface area contributed by atoms with Crippen LogP contribution in [0, 0.1) is 0 Å². The van der Waals surface area contributed by atoms with E-state index in [-0.39, 0.29) is 11.6 Å². The number of halogens is 1. The average Bonchev–Trinajstić information content (AvgIpc) is 2.56. The van der Waals surface area contributed by atoms with Crippen LogP contribution < -0.4 is 5.56 Å². The highest BCUT2D eigenvalue weighted by Gasteiger charge is 2.21. The number of methoxy groups -OCH3 is 1. The van der Waals surface area contributed by atoms with Crippen LogP contribution in [-0.4, -0.2) is 29.0 Å². The van der Waals surface area contributed by atoms with Crippen molar-refractivity contribution in [3.05, 3.63) is 33.6 Å². The topological polar surface area (TPSA) is 44.1 Å². The zero-order valence-electron chi connectivity index (χ0n) is 13.3. The highest BCUT2D eigenvalue weighted by atomic mass is 35.5. The maximum atomic E-state index is 13.0. The van der Waals surface area contributed by atoms with Gasteiger partial charge in [-0.25, -0.2) is 4.98 Å². The van der Waals surface area contributed by atoms with Gasteiger partial charge in [-0.3, -0.25) is 9.36 Å².